The molecule has 3 amide bonds. The molecule has 1 rings (SSSR count). The largest absolute Gasteiger partial charge is 0.480 e. The molecular formula is C17H23N4O11P. The van der Waals surface area contributed by atoms with Crippen molar-refractivity contribution in [2.24, 2.45) is 0 Å². The number of carboxylic acid groups (broad SMARTS) is 1. The van der Waals surface area contributed by atoms with E-state index in [1.807, 2.05) is 5.32 Å². The van der Waals surface area contributed by atoms with Gasteiger partial charge in [0, 0.05) is 31.8 Å². The van der Waals surface area contributed by atoms with Gasteiger partial charge in [-0.05, 0) is 19.1 Å². The van der Waals surface area contributed by atoms with Crippen LogP contribution in [0.25, 0.3) is 0 Å². The number of nitrogens with zero attached hydrogens (tertiary/aromatic N) is 3. The number of likely N-dealkylation sites (N-methyl/N-ethyl adjacent to an activating group) is 2. The predicted octanol–water partition coefficient (Wildman–Crippen LogP) is -0.808. The SMILES string of the molecule is C[C@H](OP(=O)(O)O)[C@H](NC(=O)CN(C)C(=O)CN(C)C(=O)c1ccc([N+](=O)[O-])cc1)C(=O)O. The molecule has 0 fully saturated rings. The second-order valence-electron chi connectivity index (χ2n) is 6.90. The van der Waals surface area contributed by atoms with E-state index in [0.717, 1.165) is 28.9 Å². The smallest absolute Gasteiger partial charge is 0.469 e. The highest BCUT2D eigenvalue weighted by Gasteiger charge is 2.32. The van der Waals surface area contributed by atoms with E-state index in [1.54, 1.807) is 0 Å². The molecule has 0 saturated carbocycles. The Hall–Kier alpha value is -3.39. The van der Waals surface area contributed by atoms with Crippen molar-refractivity contribution in [3.8, 4) is 0 Å². The Morgan fingerprint density at radius 3 is 2.12 bits per heavy atom. The number of hydrogen-bond donors (Lipinski definition) is 4. The molecule has 0 saturated heterocycles. The Labute approximate surface area is 187 Å². The Kier molecular flexibility index (Phi) is 9.61. The van der Waals surface area contributed by atoms with Crippen molar-refractivity contribution in [2.45, 2.75) is 19.1 Å². The quantitative estimate of drug-likeness (QED) is 0.171. The number of phosphoric ester groups is 1. The van der Waals surface area contributed by atoms with Gasteiger partial charge in [0.05, 0.1) is 24.1 Å². The average Bonchev–Trinajstić information content (AvgIpc) is 2.69. The van der Waals surface area contributed by atoms with Crippen molar-refractivity contribution in [3.05, 3.63) is 39.9 Å². The predicted molar refractivity (Wildman–Crippen MR) is 110 cm³/mol. The Morgan fingerprint density at radius 2 is 1.67 bits per heavy atom. The number of carbonyl (C=O) groups is 4. The lowest BCUT2D eigenvalue weighted by Crippen LogP contribution is -2.51. The van der Waals surface area contributed by atoms with Gasteiger partial charge in [0.25, 0.3) is 11.6 Å². The molecule has 1 aromatic carbocycles. The third-order valence-electron chi connectivity index (χ3n) is 4.21. The second-order valence-corrected chi connectivity index (χ2v) is 8.09. The number of non-ortho nitro benzene ring substituents is 1. The second kappa shape index (κ2) is 11.5. The minimum absolute atomic E-state index is 0.0969. The minimum Gasteiger partial charge on any atom is -0.480 e. The zero-order valence-electron chi connectivity index (χ0n) is 17.8. The maximum Gasteiger partial charge on any atom is 0.469 e. The van der Waals surface area contributed by atoms with Crippen molar-refractivity contribution >= 4 is 37.2 Å². The summed E-state index contributed by atoms with van der Waals surface area (Å²) < 4.78 is 15.1. The number of carbonyl (C=O) groups excluding carboxylic acids is 3. The third kappa shape index (κ3) is 8.94. The molecule has 182 valence electrons. The molecule has 0 bridgehead atoms. The maximum atomic E-state index is 12.4. The minimum atomic E-state index is -5.01. The standard InChI is InChI=1S/C17H23N4O11P/c1-10(32-33(29,30)31)15(17(25)26)18-13(22)8-19(2)14(23)9-20(3)16(24)11-4-6-12(7-5-11)21(27)28/h4-7,10,15H,8-9H2,1-3H3,(H,18,22)(H,25,26)(H2,29,30,31)/t10-,15-/m0/s1. The molecule has 0 spiro atoms. The maximum absolute atomic E-state index is 12.4. The summed E-state index contributed by atoms with van der Waals surface area (Å²) in [6, 6.07) is 2.92. The van der Waals surface area contributed by atoms with Crippen LogP contribution in [0.2, 0.25) is 0 Å². The number of hydrogen-bond acceptors (Lipinski definition) is 8. The van der Waals surface area contributed by atoms with Gasteiger partial charge in [-0.2, -0.15) is 0 Å². The zero-order valence-corrected chi connectivity index (χ0v) is 18.7. The lowest BCUT2D eigenvalue weighted by atomic mass is 10.2. The third-order valence-corrected chi connectivity index (χ3v) is 4.81. The van der Waals surface area contributed by atoms with E-state index in [-0.39, 0.29) is 11.3 Å². The van der Waals surface area contributed by atoms with Gasteiger partial charge in [-0.15, -0.1) is 0 Å². The first kappa shape index (κ1) is 27.6. The number of benzene rings is 1. The molecule has 4 N–H and O–H groups in total. The number of phosphoric acid groups is 1. The van der Waals surface area contributed by atoms with Crippen LogP contribution in [0.1, 0.15) is 17.3 Å². The monoisotopic (exact) mass is 490 g/mol. The summed E-state index contributed by atoms with van der Waals surface area (Å²) in [5, 5.41) is 21.8. The van der Waals surface area contributed by atoms with Crippen molar-refractivity contribution in [1.29, 1.82) is 0 Å². The highest BCUT2D eigenvalue weighted by Crippen LogP contribution is 2.38. The van der Waals surface area contributed by atoms with E-state index in [0.29, 0.717) is 0 Å². The first-order valence-corrected chi connectivity index (χ1v) is 10.7. The van der Waals surface area contributed by atoms with Gasteiger partial charge < -0.3 is 30.0 Å². The molecule has 0 heterocycles. The summed E-state index contributed by atoms with van der Waals surface area (Å²) >= 11 is 0. The zero-order chi connectivity index (χ0) is 25.5. The summed E-state index contributed by atoms with van der Waals surface area (Å²) in [4.78, 5) is 77.7. The van der Waals surface area contributed by atoms with Crippen LogP contribution in [0.4, 0.5) is 5.69 Å². The number of nitrogens with one attached hydrogen (secondary N) is 1. The molecule has 0 aliphatic rings. The molecule has 1 aromatic rings. The van der Waals surface area contributed by atoms with Crippen LogP contribution in [0.15, 0.2) is 24.3 Å². The average molecular weight is 490 g/mol. The van der Waals surface area contributed by atoms with Crippen LogP contribution >= 0.6 is 7.82 Å². The molecule has 0 aromatic heterocycles. The van der Waals surface area contributed by atoms with E-state index in [4.69, 9.17) is 14.9 Å². The highest BCUT2D eigenvalue weighted by atomic mass is 31.2. The number of rotatable bonds is 11. The van der Waals surface area contributed by atoms with Crippen molar-refractivity contribution in [2.75, 3.05) is 27.2 Å². The lowest BCUT2D eigenvalue weighted by Gasteiger charge is -2.24. The van der Waals surface area contributed by atoms with Gasteiger partial charge in [0.1, 0.15) is 0 Å². The van der Waals surface area contributed by atoms with Crippen LogP contribution in [-0.2, 0) is 23.5 Å². The van der Waals surface area contributed by atoms with E-state index >= 15 is 0 Å². The van der Waals surface area contributed by atoms with Crippen molar-refractivity contribution in [1.82, 2.24) is 15.1 Å². The summed E-state index contributed by atoms with van der Waals surface area (Å²) in [6.45, 7) is -0.0454. The molecular weight excluding hydrogens is 467 g/mol. The number of nitro groups is 1. The van der Waals surface area contributed by atoms with Gasteiger partial charge in [-0.25, -0.2) is 9.36 Å². The normalized spacial score (nSPS) is 12.9. The van der Waals surface area contributed by atoms with E-state index in [9.17, 15) is 33.9 Å². The number of amides is 3. The number of aliphatic carboxylic acids is 1. The summed E-state index contributed by atoms with van der Waals surface area (Å²) in [5.41, 5.74) is -0.115. The molecule has 0 aliphatic carbocycles. The van der Waals surface area contributed by atoms with Gasteiger partial charge in [-0.1, -0.05) is 0 Å². The molecule has 33 heavy (non-hydrogen) atoms. The molecule has 15 nitrogen and oxygen atoms in total. The fraction of sp³-hybridized carbons (Fsp3) is 0.412. The van der Waals surface area contributed by atoms with Crippen molar-refractivity contribution < 1.29 is 48.1 Å². The Bertz CT molecular complexity index is 962. The van der Waals surface area contributed by atoms with E-state index < -0.39 is 61.7 Å². The number of nitro benzene ring substituents is 1. The Morgan fingerprint density at radius 1 is 1.12 bits per heavy atom. The van der Waals surface area contributed by atoms with Crippen LogP contribution in [-0.4, -0.2) is 92.6 Å². The van der Waals surface area contributed by atoms with Gasteiger partial charge >= 0.3 is 13.8 Å². The molecule has 16 heteroatoms. The first-order valence-electron chi connectivity index (χ1n) is 9.12. The first-order chi connectivity index (χ1) is 15.1. The van der Waals surface area contributed by atoms with Gasteiger partial charge in [0.2, 0.25) is 11.8 Å². The number of carboxylic acids is 1. The van der Waals surface area contributed by atoms with Gasteiger partial charge in [0.15, 0.2) is 6.04 Å². The van der Waals surface area contributed by atoms with Crippen LogP contribution < -0.4 is 5.32 Å². The molecule has 0 unspecified atom stereocenters. The molecule has 0 aliphatic heterocycles. The van der Waals surface area contributed by atoms with Crippen LogP contribution in [0, 0.1) is 10.1 Å². The van der Waals surface area contributed by atoms with Crippen LogP contribution in [0.3, 0.4) is 0 Å². The fourth-order valence-corrected chi connectivity index (χ4v) is 3.08. The highest BCUT2D eigenvalue weighted by molar-refractivity contribution is 7.46. The summed E-state index contributed by atoms with van der Waals surface area (Å²) in [7, 11) is -2.49. The molecule has 2 atom stereocenters. The summed E-state index contributed by atoms with van der Waals surface area (Å²) in [5.74, 6) is -3.87. The lowest BCUT2D eigenvalue weighted by molar-refractivity contribution is -0.384. The van der Waals surface area contributed by atoms with E-state index in [2.05, 4.69) is 4.52 Å². The Balaban J connectivity index is 2.69. The van der Waals surface area contributed by atoms with Gasteiger partial charge in [-0.3, -0.25) is 29.0 Å². The van der Waals surface area contributed by atoms with Crippen molar-refractivity contribution in [3.63, 3.8) is 0 Å². The van der Waals surface area contributed by atoms with Crippen LogP contribution in [0.5, 0.6) is 0 Å². The summed E-state index contributed by atoms with van der Waals surface area (Å²) in [6.07, 6.45) is -1.58. The topological polar surface area (TPSA) is 217 Å². The van der Waals surface area contributed by atoms with E-state index in [1.165, 1.54) is 26.2 Å². The fourth-order valence-electron chi connectivity index (χ4n) is 2.52. The molecule has 0 radical (unpaired) electrons.